The average Bonchev–Trinajstić information content (AvgIpc) is 2.33. The van der Waals surface area contributed by atoms with E-state index < -0.39 is 5.97 Å². The Kier molecular flexibility index (Phi) is 5.24. The first kappa shape index (κ1) is 14.1. The summed E-state index contributed by atoms with van der Waals surface area (Å²) in [5, 5.41) is 18.6. The molecule has 18 heavy (non-hydrogen) atoms. The van der Waals surface area contributed by atoms with Crippen LogP contribution >= 0.6 is 0 Å². The minimum Gasteiger partial charge on any atom is -0.504 e. The van der Waals surface area contributed by atoms with Crippen LogP contribution < -0.4 is 4.74 Å². The smallest absolute Gasteiger partial charge is 0.331 e. The minimum atomic E-state index is -0.914. The standard InChI is InChI=1S/C14H18O4/c1-3-5-11(14(16)17)8-10-6-7-12(15)13(9-10)18-4-2/h6-9,15H,3-5H2,1-2H3,(H,16,17). The van der Waals surface area contributed by atoms with Crippen molar-refractivity contribution in [2.45, 2.75) is 26.7 Å². The van der Waals surface area contributed by atoms with Crippen LogP contribution in [0.2, 0.25) is 0 Å². The van der Waals surface area contributed by atoms with E-state index in [1.54, 1.807) is 18.2 Å². The minimum absolute atomic E-state index is 0.0568. The number of benzene rings is 1. The van der Waals surface area contributed by atoms with Crippen LogP contribution in [0.25, 0.3) is 6.08 Å². The second-order valence-electron chi connectivity index (χ2n) is 3.88. The predicted molar refractivity (Wildman–Crippen MR) is 69.8 cm³/mol. The van der Waals surface area contributed by atoms with Crippen molar-refractivity contribution >= 4 is 12.0 Å². The van der Waals surface area contributed by atoms with Crippen molar-refractivity contribution in [2.75, 3.05) is 6.61 Å². The number of phenolic OH excluding ortho intramolecular Hbond substituents is 1. The molecule has 0 saturated heterocycles. The van der Waals surface area contributed by atoms with Gasteiger partial charge in [0, 0.05) is 5.57 Å². The Morgan fingerprint density at radius 3 is 2.67 bits per heavy atom. The number of hydrogen-bond acceptors (Lipinski definition) is 3. The molecule has 98 valence electrons. The summed E-state index contributed by atoms with van der Waals surface area (Å²) in [7, 11) is 0. The van der Waals surface area contributed by atoms with Crippen LogP contribution in [0.15, 0.2) is 23.8 Å². The molecule has 4 heteroatoms. The highest BCUT2D eigenvalue weighted by molar-refractivity contribution is 5.92. The summed E-state index contributed by atoms with van der Waals surface area (Å²) in [6.45, 7) is 4.20. The second kappa shape index (κ2) is 6.69. The summed E-state index contributed by atoms with van der Waals surface area (Å²) in [6, 6.07) is 4.80. The Bertz CT molecular complexity index is 449. The fourth-order valence-corrected chi connectivity index (χ4v) is 1.60. The zero-order valence-electron chi connectivity index (χ0n) is 10.6. The van der Waals surface area contributed by atoms with Gasteiger partial charge >= 0.3 is 5.97 Å². The first-order valence-electron chi connectivity index (χ1n) is 5.98. The molecular weight excluding hydrogens is 232 g/mol. The van der Waals surface area contributed by atoms with E-state index in [2.05, 4.69) is 0 Å². The lowest BCUT2D eigenvalue weighted by Crippen LogP contribution is -2.00. The fourth-order valence-electron chi connectivity index (χ4n) is 1.60. The third-order valence-electron chi connectivity index (χ3n) is 2.42. The van der Waals surface area contributed by atoms with Gasteiger partial charge in [-0.2, -0.15) is 0 Å². The molecule has 0 bridgehead atoms. The van der Waals surface area contributed by atoms with Crippen molar-refractivity contribution in [3.63, 3.8) is 0 Å². The van der Waals surface area contributed by atoms with Crippen LogP contribution in [0, 0.1) is 0 Å². The van der Waals surface area contributed by atoms with Crippen molar-refractivity contribution in [2.24, 2.45) is 0 Å². The molecule has 0 amide bonds. The Labute approximate surface area is 107 Å². The lowest BCUT2D eigenvalue weighted by atomic mass is 10.1. The number of aliphatic carboxylic acids is 1. The van der Waals surface area contributed by atoms with Gasteiger partial charge in [-0.05, 0) is 37.1 Å². The fraction of sp³-hybridized carbons (Fsp3) is 0.357. The normalized spacial score (nSPS) is 11.3. The molecule has 0 fully saturated rings. The third kappa shape index (κ3) is 3.80. The van der Waals surface area contributed by atoms with Gasteiger partial charge in [0.15, 0.2) is 11.5 Å². The summed E-state index contributed by atoms with van der Waals surface area (Å²) in [6.07, 6.45) is 2.89. The molecule has 0 saturated carbocycles. The van der Waals surface area contributed by atoms with Gasteiger partial charge in [-0.15, -0.1) is 0 Å². The molecule has 0 spiro atoms. The molecule has 4 nitrogen and oxygen atoms in total. The maximum atomic E-state index is 11.0. The van der Waals surface area contributed by atoms with Crippen LogP contribution in [0.3, 0.4) is 0 Å². The van der Waals surface area contributed by atoms with Gasteiger partial charge in [-0.1, -0.05) is 19.4 Å². The quantitative estimate of drug-likeness (QED) is 0.761. The topological polar surface area (TPSA) is 66.8 Å². The average molecular weight is 250 g/mol. The molecule has 0 atom stereocenters. The van der Waals surface area contributed by atoms with E-state index in [0.717, 1.165) is 6.42 Å². The second-order valence-corrected chi connectivity index (χ2v) is 3.88. The van der Waals surface area contributed by atoms with E-state index in [9.17, 15) is 9.90 Å². The zero-order valence-corrected chi connectivity index (χ0v) is 10.6. The molecule has 1 aromatic carbocycles. The summed E-state index contributed by atoms with van der Waals surface area (Å²) < 4.78 is 5.25. The number of carbonyl (C=O) groups is 1. The van der Waals surface area contributed by atoms with Gasteiger partial charge in [-0.25, -0.2) is 4.79 Å². The Hall–Kier alpha value is -1.97. The van der Waals surface area contributed by atoms with Crippen LogP contribution in [-0.4, -0.2) is 22.8 Å². The summed E-state index contributed by atoms with van der Waals surface area (Å²) >= 11 is 0. The van der Waals surface area contributed by atoms with Crippen molar-refractivity contribution in [1.29, 1.82) is 0 Å². The van der Waals surface area contributed by atoms with E-state index >= 15 is 0 Å². The van der Waals surface area contributed by atoms with Gasteiger partial charge in [0.25, 0.3) is 0 Å². The Morgan fingerprint density at radius 1 is 1.39 bits per heavy atom. The molecule has 0 aliphatic heterocycles. The van der Waals surface area contributed by atoms with Crippen LogP contribution in [0.1, 0.15) is 32.3 Å². The highest BCUT2D eigenvalue weighted by atomic mass is 16.5. The van der Waals surface area contributed by atoms with Crippen molar-refractivity contribution < 1.29 is 19.7 Å². The van der Waals surface area contributed by atoms with Crippen molar-refractivity contribution in [1.82, 2.24) is 0 Å². The molecule has 0 unspecified atom stereocenters. The summed E-state index contributed by atoms with van der Waals surface area (Å²) in [4.78, 5) is 11.0. The number of aromatic hydroxyl groups is 1. The van der Waals surface area contributed by atoms with Crippen LogP contribution in [0.4, 0.5) is 0 Å². The number of hydrogen-bond donors (Lipinski definition) is 2. The van der Waals surface area contributed by atoms with Gasteiger partial charge in [-0.3, -0.25) is 0 Å². The van der Waals surface area contributed by atoms with E-state index in [1.165, 1.54) is 6.07 Å². The predicted octanol–water partition coefficient (Wildman–Crippen LogP) is 3.06. The number of carboxylic acid groups (broad SMARTS) is 1. The summed E-state index contributed by atoms with van der Waals surface area (Å²) in [5.41, 5.74) is 1.06. The van der Waals surface area contributed by atoms with E-state index in [0.29, 0.717) is 29.9 Å². The van der Waals surface area contributed by atoms with Gasteiger partial charge in [0.1, 0.15) is 0 Å². The van der Waals surface area contributed by atoms with E-state index in [1.807, 2.05) is 13.8 Å². The first-order chi connectivity index (χ1) is 8.58. The molecule has 0 heterocycles. The van der Waals surface area contributed by atoms with Crippen molar-refractivity contribution in [3.8, 4) is 11.5 Å². The van der Waals surface area contributed by atoms with E-state index in [-0.39, 0.29) is 5.75 Å². The number of phenols is 1. The lowest BCUT2D eigenvalue weighted by Gasteiger charge is -2.07. The molecule has 1 aromatic rings. The Balaban J connectivity index is 3.05. The number of carboxylic acids is 1. The molecule has 0 aromatic heterocycles. The van der Waals surface area contributed by atoms with Gasteiger partial charge in [0.2, 0.25) is 0 Å². The highest BCUT2D eigenvalue weighted by Gasteiger charge is 2.07. The molecule has 0 aliphatic rings. The SMILES string of the molecule is CCCC(=Cc1ccc(O)c(OCC)c1)C(=O)O. The lowest BCUT2D eigenvalue weighted by molar-refractivity contribution is -0.132. The van der Waals surface area contributed by atoms with Crippen LogP contribution in [0.5, 0.6) is 11.5 Å². The third-order valence-corrected chi connectivity index (χ3v) is 2.42. The zero-order chi connectivity index (χ0) is 13.5. The number of rotatable bonds is 6. The molecule has 2 N–H and O–H groups in total. The van der Waals surface area contributed by atoms with Crippen molar-refractivity contribution in [3.05, 3.63) is 29.3 Å². The van der Waals surface area contributed by atoms with Crippen LogP contribution in [-0.2, 0) is 4.79 Å². The van der Waals surface area contributed by atoms with E-state index in [4.69, 9.17) is 9.84 Å². The highest BCUT2D eigenvalue weighted by Crippen LogP contribution is 2.28. The molecule has 0 radical (unpaired) electrons. The van der Waals surface area contributed by atoms with Gasteiger partial charge < -0.3 is 14.9 Å². The maximum absolute atomic E-state index is 11.0. The monoisotopic (exact) mass is 250 g/mol. The largest absolute Gasteiger partial charge is 0.504 e. The Morgan fingerprint density at radius 2 is 2.11 bits per heavy atom. The first-order valence-corrected chi connectivity index (χ1v) is 5.98. The summed E-state index contributed by atoms with van der Waals surface area (Å²) in [5.74, 6) is -0.489. The molecule has 1 rings (SSSR count). The number of ether oxygens (including phenoxy) is 1. The maximum Gasteiger partial charge on any atom is 0.331 e. The van der Waals surface area contributed by atoms with Gasteiger partial charge in [0.05, 0.1) is 6.61 Å². The molecular formula is C14H18O4. The molecule has 0 aliphatic carbocycles.